The zero-order chi connectivity index (χ0) is 37.0. The first-order valence-corrected chi connectivity index (χ1v) is 18.9. The lowest BCUT2D eigenvalue weighted by molar-refractivity contribution is 0.456. The fourth-order valence-corrected chi connectivity index (χ4v) is 6.12. The maximum atomic E-state index is 11.4. The summed E-state index contributed by atoms with van der Waals surface area (Å²) in [4.78, 5) is 0. The number of hydrogen-bond acceptors (Lipinski definition) is 1. The van der Waals surface area contributed by atoms with E-state index in [1.807, 2.05) is 32.0 Å². The first-order valence-electron chi connectivity index (χ1n) is 18.9. The Balaban J connectivity index is 0.000000285. The molecule has 1 nitrogen and oxygen atoms in total. The summed E-state index contributed by atoms with van der Waals surface area (Å²) in [6, 6.07) is 56.9. The van der Waals surface area contributed by atoms with Gasteiger partial charge in [-0.1, -0.05) is 219 Å². The average molecular weight is 677 g/mol. The number of phenols is 1. The summed E-state index contributed by atoms with van der Waals surface area (Å²) in [6.45, 7) is 17.2. The molecule has 0 aliphatic rings. The fourth-order valence-electron chi connectivity index (χ4n) is 6.12. The summed E-state index contributed by atoms with van der Waals surface area (Å²) < 4.78 is 0. The summed E-state index contributed by atoms with van der Waals surface area (Å²) in [5, 5.41) is 11.4. The maximum Gasteiger partial charge on any atom is 0.123 e. The molecule has 0 aromatic heterocycles. The van der Waals surface area contributed by atoms with E-state index in [1.54, 1.807) is 0 Å². The Kier molecular flexibility index (Phi) is 17.5. The Morgan fingerprint density at radius 2 is 0.725 bits per heavy atom. The SMILES string of the molecule is CC.CC(c1ccccc1)c1cc(C(C)c2ccccc2)c(O)c(C(C)c2ccccc2)c1.CCC(C)c1ccccc1.CCc1ccccc1. The van der Waals surface area contributed by atoms with E-state index < -0.39 is 0 Å². The molecule has 0 spiro atoms. The molecular weight excluding hydrogens is 617 g/mol. The van der Waals surface area contributed by atoms with Crippen molar-refractivity contribution in [3.63, 3.8) is 0 Å². The zero-order valence-electron chi connectivity index (χ0n) is 32.3. The van der Waals surface area contributed by atoms with Gasteiger partial charge in [-0.3, -0.25) is 0 Å². The van der Waals surface area contributed by atoms with E-state index in [9.17, 15) is 5.11 Å². The Labute approximate surface area is 310 Å². The molecule has 1 N–H and O–H groups in total. The van der Waals surface area contributed by atoms with Gasteiger partial charge in [0.2, 0.25) is 0 Å². The minimum atomic E-state index is 0.103. The highest BCUT2D eigenvalue weighted by atomic mass is 16.3. The molecule has 0 bridgehead atoms. The summed E-state index contributed by atoms with van der Waals surface area (Å²) in [6.07, 6.45) is 2.37. The second kappa shape index (κ2) is 22.0. The van der Waals surface area contributed by atoms with Crippen molar-refractivity contribution in [2.45, 2.75) is 91.9 Å². The third-order valence-electron chi connectivity index (χ3n) is 9.75. The van der Waals surface area contributed by atoms with Gasteiger partial charge >= 0.3 is 0 Å². The molecule has 1 heteroatoms. The third kappa shape index (κ3) is 12.1. The minimum Gasteiger partial charge on any atom is -0.507 e. The van der Waals surface area contributed by atoms with Gasteiger partial charge in [-0.15, -0.1) is 0 Å². The molecule has 0 radical (unpaired) electrons. The second-order valence-corrected chi connectivity index (χ2v) is 13.0. The predicted molar refractivity (Wildman–Crippen MR) is 222 cm³/mol. The van der Waals surface area contributed by atoms with Crippen LogP contribution in [0.5, 0.6) is 5.75 Å². The van der Waals surface area contributed by atoms with E-state index in [1.165, 1.54) is 39.8 Å². The van der Waals surface area contributed by atoms with Crippen LogP contribution in [0.2, 0.25) is 0 Å². The molecule has 0 heterocycles. The maximum absolute atomic E-state index is 11.4. The normalized spacial score (nSPS) is 12.6. The quantitative estimate of drug-likeness (QED) is 0.162. The average Bonchev–Trinajstić information content (AvgIpc) is 3.22. The van der Waals surface area contributed by atoms with Crippen molar-refractivity contribution in [3.05, 3.63) is 208 Å². The van der Waals surface area contributed by atoms with E-state index in [-0.39, 0.29) is 17.8 Å². The molecule has 6 rings (SSSR count). The first-order chi connectivity index (χ1) is 24.8. The molecule has 4 unspecified atom stereocenters. The van der Waals surface area contributed by atoms with Gasteiger partial charge < -0.3 is 5.11 Å². The topological polar surface area (TPSA) is 20.2 Å². The van der Waals surface area contributed by atoms with Crippen molar-refractivity contribution in [1.29, 1.82) is 0 Å². The number of aromatic hydroxyl groups is 1. The summed E-state index contributed by atoms with van der Waals surface area (Å²) >= 11 is 0. The molecule has 0 amide bonds. The van der Waals surface area contributed by atoms with E-state index in [0.29, 0.717) is 11.7 Å². The van der Waals surface area contributed by atoms with Crippen LogP contribution in [-0.2, 0) is 6.42 Å². The third-order valence-corrected chi connectivity index (χ3v) is 9.75. The zero-order valence-corrected chi connectivity index (χ0v) is 32.3. The molecule has 0 saturated carbocycles. The number of rotatable bonds is 9. The second-order valence-electron chi connectivity index (χ2n) is 13.0. The van der Waals surface area contributed by atoms with Crippen LogP contribution >= 0.6 is 0 Å². The summed E-state index contributed by atoms with van der Waals surface area (Å²) in [5.74, 6) is 1.57. The lowest BCUT2D eigenvalue weighted by Crippen LogP contribution is -2.06. The van der Waals surface area contributed by atoms with E-state index in [0.717, 1.165) is 17.5 Å². The first kappa shape index (κ1) is 40.5. The largest absolute Gasteiger partial charge is 0.507 e. The molecule has 0 aliphatic carbocycles. The number of phenolic OH excluding ortho intramolecular Hbond substituents is 1. The molecule has 6 aromatic rings. The van der Waals surface area contributed by atoms with Crippen LogP contribution < -0.4 is 0 Å². The van der Waals surface area contributed by atoms with E-state index >= 15 is 0 Å². The molecular formula is C50H60O. The number of benzene rings is 6. The molecule has 51 heavy (non-hydrogen) atoms. The highest BCUT2D eigenvalue weighted by Gasteiger charge is 2.23. The molecule has 4 atom stereocenters. The van der Waals surface area contributed by atoms with Crippen molar-refractivity contribution in [2.75, 3.05) is 0 Å². The van der Waals surface area contributed by atoms with Crippen molar-refractivity contribution in [1.82, 2.24) is 0 Å². The minimum absolute atomic E-state index is 0.103. The van der Waals surface area contributed by atoms with Gasteiger partial charge in [0, 0.05) is 28.9 Å². The predicted octanol–water partition coefficient (Wildman–Crippen LogP) is 14.3. The molecule has 6 aromatic carbocycles. The summed E-state index contributed by atoms with van der Waals surface area (Å²) in [5.41, 5.74) is 9.77. The van der Waals surface area contributed by atoms with E-state index in [2.05, 4.69) is 187 Å². The monoisotopic (exact) mass is 676 g/mol. The lowest BCUT2D eigenvalue weighted by Gasteiger charge is -2.24. The van der Waals surface area contributed by atoms with E-state index in [4.69, 9.17) is 0 Å². The number of hydrogen-bond donors (Lipinski definition) is 1. The van der Waals surface area contributed by atoms with Crippen LogP contribution in [0.3, 0.4) is 0 Å². The van der Waals surface area contributed by atoms with Crippen LogP contribution in [0.4, 0.5) is 0 Å². The standard InChI is InChI=1S/C30H30O.C10H14.C8H10.C2H6/c1-21(24-13-7-4-8-14-24)27-19-28(22(2)25-15-9-5-10-16-25)30(31)29(20-27)23(3)26-17-11-6-12-18-26;1-3-9(2)10-7-5-4-6-8-10;1-2-8-6-4-3-5-7-8;1-2/h4-23,31H,1-3H3;4-9H,3H2,1-2H3;3-7H,2H2,1H3;1-2H3. The Hall–Kier alpha value is -4.88. The Bertz CT molecular complexity index is 1700. The van der Waals surface area contributed by atoms with Crippen LogP contribution in [0.15, 0.2) is 164 Å². The molecule has 0 aliphatic heterocycles. The molecule has 266 valence electrons. The Morgan fingerprint density at radius 3 is 1.04 bits per heavy atom. The lowest BCUT2D eigenvalue weighted by atomic mass is 9.82. The highest BCUT2D eigenvalue weighted by Crippen LogP contribution is 2.41. The summed E-state index contributed by atoms with van der Waals surface area (Å²) in [7, 11) is 0. The van der Waals surface area contributed by atoms with Gasteiger partial charge in [0.05, 0.1) is 0 Å². The van der Waals surface area contributed by atoms with Gasteiger partial charge in [0.15, 0.2) is 0 Å². The van der Waals surface area contributed by atoms with Crippen molar-refractivity contribution >= 4 is 0 Å². The fraction of sp³-hybridized carbons (Fsp3) is 0.280. The van der Waals surface area contributed by atoms with Crippen LogP contribution in [-0.4, -0.2) is 5.11 Å². The van der Waals surface area contributed by atoms with Gasteiger partial charge in [-0.05, 0) is 52.1 Å². The van der Waals surface area contributed by atoms with Gasteiger partial charge in [0.1, 0.15) is 5.75 Å². The Morgan fingerprint density at radius 1 is 0.412 bits per heavy atom. The van der Waals surface area contributed by atoms with Crippen LogP contribution in [0.25, 0.3) is 0 Å². The highest BCUT2D eigenvalue weighted by molar-refractivity contribution is 5.53. The van der Waals surface area contributed by atoms with Gasteiger partial charge in [-0.25, -0.2) is 0 Å². The van der Waals surface area contributed by atoms with Crippen molar-refractivity contribution < 1.29 is 5.11 Å². The molecule has 0 saturated heterocycles. The smallest absolute Gasteiger partial charge is 0.123 e. The molecule has 0 fully saturated rings. The van der Waals surface area contributed by atoms with Gasteiger partial charge in [0.25, 0.3) is 0 Å². The van der Waals surface area contributed by atoms with Crippen molar-refractivity contribution in [3.8, 4) is 5.75 Å². The van der Waals surface area contributed by atoms with Gasteiger partial charge in [-0.2, -0.15) is 0 Å². The van der Waals surface area contributed by atoms with Crippen LogP contribution in [0.1, 0.15) is 130 Å². The number of aryl methyl sites for hydroxylation is 1. The van der Waals surface area contributed by atoms with Crippen molar-refractivity contribution in [2.24, 2.45) is 0 Å². The van der Waals surface area contributed by atoms with Crippen LogP contribution in [0, 0.1) is 0 Å².